The van der Waals surface area contributed by atoms with E-state index in [1.807, 2.05) is 0 Å². The fraction of sp³-hybridized carbons (Fsp3) is 0.421. The molecule has 0 saturated carbocycles. The van der Waals surface area contributed by atoms with Crippen LogP contribution in [-0.4, -0.2) is 53.4 Å². The SMILES string of the molecule is C=C(C)C(=O)O[C@H]1[C@H]2C(=C)C(=O)O[C@@H]2/C=C(/CO)CC/C=C(/C=O)[C@@H]1O. The van der Waals surface area contributed by atoms with Gasteiger partial charge in [0.15, 0.2) is 0 Å². The minimum Gasteiger partial charge on any atom is -0.455 e. The van der Waals surface area contributed by atoms with Gasteiger partial charge in [0, 0.05) is 16.7 Å². The molecular weight excluding hydrogens is 340 g/mol. The van der Waals surface area contributed by atoms with Crippen LogP contribution in [0.25, 0.3) is 0 Å². The highest BCUT2D eigenvalue weighted by molar-refractivity contribution is 5.92. The summed E-state index contributed by atoms with van der Waals surface area (Å²) in [6.07, 6.45) is 0.770. The molecule has 0 spiro atoms. The lowest BCUT2D eigenvalue weighted by Crippen LogP contribution is -2.43. The lowest BCUT2D eigenvalue weighted by molar-refractivity contribution is -0.153. The Bertz CT molecular complexity index is 701. The van der Waals surface area contributed by atoms with Gasteiger partial charge < -0.3 is 19.7 Å². The highest BCUT2D eigenvalue weighted by Crippen LogP contribution is 2.36. The average molecular weight is 362 g/mol. The molecule has 0 amide bonds. The molecule has 26 heavy (non-hydrogen) atoms. The molecule has 1 aliphatic heterocycles. The van der Waals surface area contributed by atoms with Crippen LogP contribution >= 0.6 is 0 Å². The minimum atomic E-state index is -1.46. The maximum absolute atomic E-state index is 12.0. The topological polar surface area (TPSA) is 110 Å². The van der Waals surface area contributed by atoms with E-state index in [0.717, 1.165) is 0 Å². The van der Waals surface area contributed by atoms with Gasteiger partial charge in [0.05, 0.1) is 12.5 Å². The summed E-state index contributed by atoms with van der Waals surface area (Å²) < 4.78 is 10.6. The molecule has 2 aliphatic rings. The number of aliphatic hydroxyl groups is 2. The van der Waals surface area contributed by atoms with E-state index in [9.17, 15) is 24.6 Å². The van der Waals surface area contributed by atoms with Gasteiger partial charge in [-0.25, -0.2) is 9.59 Å². The van der Waals surface area contributed by atoms with Crippen LogP contribution in [0.4, 0.5) is 0 Å². The van der Waals surface area contributed by atoms with Crippen LogP contribution in [0.1, 0.15) is 19.8 Å². The zero-order valence-electron chi connectivity index (χ0n) is 14.5. The zero-order valence-corrected chi connectivity index (χ0v) is 14.5. The predicted molar refractivity (Wildman–Crippen MR) is 91.8 cm³/mol. The van der Waals surface area contributed by atoms with Crippen LogP contribution in [-0.2, 0) is 23.9 Å². The molecule has 0 bridgehead atoms. The Morgan fingerprint density at radius 1 is 1.50 bits per heavy atom. The highest BCUT2D eigenvalue weighted by atomic mass is 16.6. The van der Waals surface area contributed by atoms with Crippen molar-refractivity contribution in [3.8, 4) is 0 Å². The largest absolute Gasteiger partial charge is 0.455 e. The van der Waals surface area contributed by atoms with E-state index < -0.39 is 36.2 Å². The van der Waals surface area contributed by atoms with Gasteiger partial charge in [0.1, 0.15) is 24.6 Å². The van der Waals surface area contributed by atoms with E-state index in [4.69, 9.17) is 9.47 Å². The Morgan fingerprint density at radius 3 is 2.77 bits per heavy atom. The Balaban J connectivity index is 2.54. The first kappa shape index (κ1) is 19.8. The third-order valence-corrected chi connectivity index (χ3v) is 4.44. The van der Waals surface area contributed by atoms with Gasteiger partial charge in [-0.15, -0.1) is 0 Å². The third-order valence-electron chi connectivity index (χ3n) is 4.44. The smallest absolute Gasteiger partial charge is 0.334 e. The molecule has 1 heterocycles. The van der Waals surface area contributed by atoms with E-state index in [2.05, 4.69) is 13.2 Å². The van der Waals surface area contributed by atoms with E-state index in [1.165, 1.54) is 13.0 Å². The van der Waals surface area contributed by atoms with Crippen molar-refractivity contribution in [3.05, 3.63) is 47.6 Å². The van der Waals surface area contributed by atoms with Crippen molar-refractivity contribution in [1.82, 2.24) is 0 Å². The second kappa shape index (κ2) is 8.25. The maximum atomic E-state index is 12.0. The molecule has 0 radical (unpaired) electrons. The van der Waals surface area contributed by atoms with Crippen molar-refractivity contribution in [2.24, 2.45) is 5.92 Å². The number of allylic oxidation sites excluding steroid dienone is 1. The van der Waals surface area contributed by atoms with Gasteiger partial charge in [-0.3, -0.25) is 4.79 Å². The molecule has 7 heteroatoms. The van der Waals surface area contributed by atoms with Gasteiger partial charge in [-0.2, -0.15) is 0 Å². The van der Waals surface area contributed by atoms with Crippen molar-refractivity contribution >= 4 is 18.2 Å². The van der Waals surface area contributed by atoms with E-state index >= 15 is 0 Å². The molecular formula is C19H22O7. The molecule has 0 aromatic rings. The normalized spacial score (nSPS) is 33.0. The Morgan fingerprint density at radius 2 is 2.19 bits per heavy atom. The van der Waals surface area contributed by atoms with Crippen molar-refractivity contribution in [2.75, 3.05) is 6.61 Å². The molecule has 0 aromatic carbocycles. The van der Waals surface area contributed by atoms with Gasteiger partial charge in [-0.05, 0) is 31.4 Å². The number of fused-ring (bicyclic) bond motifs is 1. The second-order valence-corrected chi connectivity index (χ2v) is 6.36. The van der Waals surface area contributed by atoms with E-state index in [0.29, 0.717) is 24.7 Å². The fourth-order valence-corrected chi connectivity index (χ4v) is 2.99. The lowest BCUT2D eigenvalue weighted by Gasteiger charge is -2.30. The van der Waals surface area contributed by atoms with Crippen molar-refractivity contribution in [2.45, 2.75) is 38.1 Å². The zero-order chi connectivity index (χ0) is 19.4. The number of hydrogen-bond donors (Lipinski definition) is 2. The average Bonchev–Trinajstić information content (AvgIpc) is 2.88. The first-order valence-corrected chi connectivity index (χ1v) is 8.20. The van der Waals surface area contributed by atoms with Gasteiger partial charge in [-0.1, -0.05) is 19.2 Å². The number of ether oxygens (including phenoxy) is 2. The predicted octanol–water partition coefficient (Wildman–Crippen LogP) is 0.771. The van der Waals surface area contributed by atoms with Crippen LogP contribution < -0.4 is 0 Å². The number of carbonyl (C=O) groups excluding carboxylic acids is 3. The summed E-state index contributed by atoms with van der Waals surface area (Å²) in [5.41, 5.74) is 0.748. The van der Waals surface area contributed by atoms with Gasteiger partial charge >= 0.3 is 11.9 Å². The Labute approximate surface area is 151 Å². The number of aldehydes is 1. The summed E-state index contributed by atoms with van der Waals surface area (Å²) in [6, 6.07) is 0. The van der Waals surface area contributed by atoms with E-state index in [-0.39, 0.29) is 23.3 Å². The lowest BCUT2D eigenvalue weighted by atomic mass is 9.83. The maximum Gasteiger partial charge on any atom is 0.334 e. The molecule has 4 atom stereocenters. The van der Waals surface area contributed by atoms with Gasteiger partial charge in [0.2, 0.25) is 0 Å². The summed E-state index contributed by atoms with van der Waals surface area (Å²) in [7, 11) is 0. The molecule has 7 nitrogen and oxygen atoms in total. The summed E-state index contributed by atoms with van der Waals surface area (Å²) in [6.45, 7) is 8.37. The van der Waals surface area contributed by atoms with Crippen LogP contribution in [0, 0.1) is 5.92 Å². The number of rotatable bonds is 4. The number of hydrogen-bond acceptors (Lipinski definition) is 7. The summed E-state index contributed by atoms with van der Waals surface area (Å²) >= 11 is 0. The first-order chi connectivity index (χ1) is 12.3. The fourth-order valence-electron chi connectivity index (χ4n) is 2.99. The molecule has 2 N–H and O–H groups in total. The van der Waals surface area contributed by atoms with Crippen molar-refractivity contribution < 1.29 is 34.1 Å². The first-order valence-electron chi connectivity index (χ1n) is 8.20. The monoisotopic (exact) mass is 362 g/mol. The number of aliphatic hydroxyl groups excluding tert-OH is 2. The quantitative estimate of drug-likeness (QED) is 0.329. The van der Waals surface area contributed by atoms with Crippen LogP contribution in [0.2, 0.25) is 0 Å². The standard InChI is InChI=1S/C19H22O7/c1-10(2)18(23)26-17-15-11(3)19(24)25-14(15)7-12(8-20)5-4-6-13(9-21)16(17)22/h6-7,9,14-17,20,22H,1,3-5,8H2,2H3/b12-7+,13-6-/t14-,15+,16+,17+/m1/s1. The number of esters is 2. The molecule has 0 aromatic heterocycles. The summed E-state index contributed by atoms with van der Waals surface area (Å²) in [5.74, 6) is -2.36. The summed E-state index contributed by atoms with van der Waals surface area (Å²) in [5, 5.41) is 20.2. The van der Waals surface area contributed by atoms with E-state index in [1.54, 1.807) is 6.08 Å². The van der Waals surface area contributed by atoms with Gasteiger partial charge in [0.25, 0.3) is 0 Å². The van der Waals surface area contributed by atoms with Crippen LogP contribution in [0.5, 0.6) is 0 Å². The highest BCUT2D eigenvalue weighted by Gasteiger charge is 2.48. The van der Waals surface area contributed by atoms with Crippen molar-refractivity contribution in [1.29, 1.82) is 0 Å². The van der Waals surface area contributed by atoms with Crippen LogP contribution in [0.15, 0.2) is 47.6 Å². The Hall–Kier alpha value is -2.51. The minimum absolute atomic E-state index is 0.0212. The molecule has 0 unspecified atom stereocenters. The molecule has 1 saturated heterocycles. The molecule has 140 valence electrons. The second-order valence-electron chi connectivity index (χ2n) is 6.36. The molecule has 1 fully saturated rings. The summed E-state index contributed by atoms with van der Waals surface area (Å²) in [4.78, 5) is 35.5. The molecule has 1 aliphatic carbocycles. The Kier molecular flexibility index (Phi) is 6.28. The molecule has 2 rings (SSSR count). The van der Waals surface area contributed by atoms with Crippen LogP contribution in [0.3, 0.4) is 0 Å². The third kappa shape index (κ3) is 4.00. The van der Waals surface area contributed by atoms with Crippen molar-refractivity contribution in [3.63, 3.8) is 0 Å². The number of carbonyl (C=O) groups is 3.